The number of amides is 4. The lowest BCUT2D eigenvalue weighted by molar-refractivity contribution is -0.122. The van der Waals surface area contributed by atoms with E-state index in [1.54, 1.807) is 37.3 Å². The van der Waals surface area contributed by atoms with Gasteiger partial charge in [-0.15, -0.1) is 0 Å². The largest absolute Gasteiger partial charge is 0.493 e. The molecular weight excluding hydrogens is 487 g/mol. The maximum atomic E-state index is 14.0. The predicted molar refractivity (Wildman–Crippen MR) is 134 cm³/mol. The second kappa shape index (κ2) is 10.2. The molecule has 0 spiro atoms. The summed E-state index contributed by atoms with van der Waals surface area (Å²) in [6.07, 6.45) is 1.32. The van der Waals surface area contributed by atoms with Crippen molar-refractivity contribution in [2.24, 2.45) is 0 Å². The van der Waals surface area contributed by atoms with E-state index in [0.717, 1.165) is 16.0 Å². The molecule has 1 fully saturated rings. The van der Waals surface area contributed by atoms with Gasteiger partial charge in [-0.2, -0.15) is 0 Å². The number of carbonyl (C=O) groups excluding carboxylic acids is 3. The van der Waals surface area contributed by atoms with E-state index >= 15 is 0 Å². The second-order valence-electron chi connectivity index (χ2n) is 8.09. The number of barbiturate groups is 1. The number of nitrogens with one attached hydrogen (secondary N) is 1. The fourth-order valence-electron chi connectivity index (χ4n) is 3.75. The lowest BCUT2D eigenvalue weighted by Gasteiger charge is -2.28. The van der Waals surface area contributed by atoms with E-state index in [4.69, 9.17) is 21.1 Å². The first-order chi connectivity index (χ1) is 17.2. The minimum atomic E-state index is -0.832. The highest BCUT2D eigenvalue weighted by Gasteiger charge is 2.37. The summed E-state index contributed by atoms with van der Waals surface area (Å²) in [5.41, 5.74) is 2.44. The molecule has 0 aliphatic carbocycles. The van der Waals surface area contributed by atoms with Gasteiger partial charge in [0, 0.05) is 5.56 Å². The first-order valence-corrected chi connectivity index (χ1v) is 11.3. The predicted octanol–water partition coefficient (Wildman–Crippen LogP) is 5.35. The SMILES string of the molecule is COc1cc(/C=C2\C(=O)NC(=O)N(c3cccc(C)c3C)C2=O)cc(Cl)c1OCc1ccccc1F. The summed E-state index contributed by atoms with van der Waals surface area (Å²) in [5, 5.41) is 2.34. The molecule has 1 N–H and O–H groups in total. The lowest BCUT2D eigenvalue weighted by Crippen LogP contribution is -2.54. The van der Waals surface area contributed by atoms with Crippen molar-refractivity contribution in [2.75, 3.05) is 12.0 Å². The average molecular weight is 509 g/mol. The van der Waals surface area contributed by atoms with Crippen molar-refractivity contribution in [3.63, 3.8) is 0 Å². The van der Waals surface area contributed by atoms with E-state index in [1.165, 1.54) is 31.4 Å². The minimum Gasteiger partial charge on any atom is -0.493 e. The normalized spacial score (nSPS) is 14.8. The summed E-state index contributed by atoms with van der Waals surface area (Å²) in [5.74, 6) is -1.62. The summed E-state index contributed by atoms with van der Waals surface area (Å²) in [4.78, 5) is 39.3. The van der Waals surface area contributed by atoms with Crippen molar-refractivity contribution in [1.82, 2.24) is 5.32 Å². The van der Waals surface area contributed by atoms with Gasteiger partial charge in [0.25, 0.3) is 11.8 Å². The summed E-state index contributed by atoms with van der Waals surface area (Å²) < 4.78 is 25.0. The van der Waals surface area contributed by atoms with Crippen molar-refractivity contribution in [1.29, 1.82) is 0 Å². The molecule has 4 amide bonds. The Morgan fingerprint density at radius 3 is 2.53 bits per heavy atom. The molecule has 7 nitrogen and oxygen atoms in total. The van der Waals surface area contributed by atoms with Crippen LogP contribution in [0.25, 0.3) is 6.08 Å². The number of imide groups is 2. The van der Waals surface area contributed by atoms with Gasteiger partial charge in [-0.05, 0) is 60.9 Å². The fraction of sp³-hybridized carbons (Fsp3) is 0.148. The number of carbonyl (C=O) groups is 3. The molecule has 0 radical (unpaired) electrons. The maximum absolute atomic E-state index is 14.0. The molecule has 0 atom stereocenters. The van der Waals surface area contributed by atoms with E-state index < -0.39 is 23.7 Å². The molecule has 9 heteroatoms. The van der Waals surface area contributed by atoms with Gasteiger partial charge in [0.1, 0.15) is 18.0 Å². The molecular formula is C27H22ClFN2O5. The average Bonchev–Trinajstić information content (AvgIpc) is 2.84. The van der Waals surface area contributed by atoms with Crippen LogP contribution in [0.15, 0.2) is 60.2 Å². The molecule has 0 saturated carbocycles. The maximum Gasteiger partial charge on any atom is 0.335 e. The molecule has 1 heterocycles. The van der Waals surface area contributed by atoms with Gasteiger partial charge in [-0.1, -0.05) is 41.9 Å². The van der Waals surface area contributed by atoms with Crippen molar-refractivity contribution in [2.45, 2.75) is 20.5 Å². The summed E-state index contributed by atoms with van der Waals surface area (Å²) in [6, 6.07) is 13.6. The summed E-state index contributed by atoms with van der Waals surface area (Å²) in [7, 11) is 1.40. The van der Waals surface area contributed by atoms with Gasteiger partial charge in [0.15, 0.2) is 11.5 Å². The number of hydrogen-bond donors (Lipinski definition) is 1. The van der Waals surface area contributed by atoms with Gasteiger partial charge in [0.2, 0.25) is 0 Å². The zero-order valence-corrected chi connectivity index (χ0v) is 20.5. The number of aryl methyl sites for hydroxylation is 1. The van der Waals surface area contributed by atoms with Crippen molar-refractivity contribution in [3.8, 4) is 11.5 Å². The van der Waals surface area contributed by atoms with Gasteiger partial charge in [-0.25, -0.2) is 14.1 Å². The van der Waals surface area contributed by atoms with Crippen LogP contribution >= 0.6 is 11.6 Å². The third kappa shape index (κ3) is 4.81. The molecule has 184 valence electrons. The number of benzene rings is 3. The molecule has 36 heavy (non-hydrogen) atoms. The number of rotatable bonds is 6. The Balaban J connectivity index is 1.67. The van der Waals surface area contributed by atoms with Crippen molar-refractivity contribution < 1.29 is 28.2 Å². The first-order valence-electron chi connectivity index (χ1n) is 10.9. The van der Waals surface area contributed by atoms with Gasteiger partial charge < -0.3 is 9.47 Å². The molecule has 1 aliphatic rings. The Morgan fingerprint density at radius 2 is 1.81 bits per heavy atom. The van der Waals surface area contributed by atoms with E-state index in [1.807, 2.05) is 13.0 Å². The van der Waals surface area contributed by atoms with Crippen LogP contribution < -0.4 is 19.7 Å². The number of urea groups is 1. The van der Waals surface area contributed by atoms with Gasteiger partial charge >= 0.3 is 6.03 Å². The highest BCUT2D eigenvalue weighted by atomic mass is 35.5. The van der Waals surface area contributed by atoms with Crippen LogP contribution in [0.1, 0.15) is 22.3 Å². The number of halogens is 2. The molecule has 4 rings (SSSR count). The van der Waals surface area contributed by atoms with E-state index in [9.17, 15) is 18.8 Å². The molecule has 0 bridgehead atoms. The quantitative estimate of drug-likeness (QED) is 0.358. The lowest BCUT2D eigenvalue weighted by atomic mass is 10.0. The summed E-state index contributed by atoms with van der Waals surface area (Å²) in [6.45, 7) is 3.56. The zero-order valence-electron chi connectivity index (χ0n) is 19.7. The Hall–Kier alpha value is -4.17. The van der Waals surface area contributed by atoms with Crippen LogP contribution in [0.5, 0.6) is 11.5 Å². The van der Waals surface area contributed by atoms with Crippen LogP contribution in [0.3, 0.4) is 0 Å². The van der Waals surface area contributed by atoms with Crippen LogP contribution in [0.4, 0.5) is 14.9 Å². The number of anilines is 1. The molecule has 3 aromatic carbocycles. The van der Waals surface area contributed by atoms with E-state index in [2.05, 4.69) is 5.32 Å². The molecule has 1 aliphatic heterocycles. The zero-order chi connectivity index (χ0) is 26.0. The Morgan fingerprint density at radius 1 is 1.06 bits per heavy atom. The topological polar surface area (TPSA) is 84.9 Å². The van der Waals surface area contributed by atoms with Crippen molar-refractivity contribution >= 4 is 41.2 Å². The Bertz CT molecular complexity index is 1420. The third-order valence-electron chi connectivity index (χ3n) is 5.81. The molecule has 3 aromatic rings. The van der Waals surface area contributed by atoms with Gasteiger partial charge in [-0.3, -0.25) is 14.9 Å². The van der Waals surface area contributed by atoms with Gasteiger partial charge in [0.05, 0.1) is 17.8 Å². The highest BCUT2D eigenvalue weighted by Crippen LogP contribution is 2.38. The van der Waals surface area contributed by atoms with Crippen LogP contribution in [0.2, 0.25) is 5.02 Å². The highest BCUT2D eigenvalue weighted by molar-refractivity contribution is 6.39. The van der Waals surface area contributed by atoms with E-state index in [0.29, 0.717) is 16.8 Å². The Labute approximate surface area is 212 Å². The van der Waals surface area contributed by atoms with E-state index in [-0.39, 0.29) is 28.7 Å². The second-order valence-corrected chi connectivity index (χ2v) is 8.50. The van der Waals surface area contributed by atoms with Crippen LogP contribution in [0, 0.1) is 19.7 Å². The summed E-state index contributed by atoms with van der Waals surface area (Å²) >= 11 is 6.42. The number of nitrogens with zero attached hydrogens (tertiary/aromatic N) is 1. The monoisotopic (exact) mass is 508 g/mol. The molecule has 0 aromatic heterocycles. The smallest absolute Gasteiger partial charge is 0.335 e. The first kappa shape index (κ1) is 24.9. The minimum absolute atomic E-state index is 0.0863. The molecule has 0 unspecified atom stereocenters. The third-order valence-corrected chi connectivity index (χ3v) is 6.09. The number of hydrogen-bond acceptors (Lipinski definition) is 5. The van der Waals surface area contributed by atoms with Crippen molar-refractivity contribution in [3.05, 3.63) is 93.3 Å². The molecule has 1 saturated heterocycles. The van der Waals surface area contributed by atoms with Crippen LogP contribution in [-0.2, 0) is 16.2 Å². The number of methoxy groups -OCH3 is 1. The fourth-order valence-corrected chi connectivity index (χ4v) is 4.02. The standard InChI is InChI=1S/C27H22ClFN2O5/c1-15-7-6-10-22(16(15)2)31-26(33)19(25(32)30-27(31)34)11-17-12-20(28)24(23(13-17)35-3)36-14-18-8-4-5-9-21(18)29/h4-13H,14H2,1-3H3,(H,30,32,34)/b19-11+. The van der Waals surface area contributed by atoms with Crippen LogP contribution in [-0.4, -0.2) is 25.0 Å². The Kier molecular flexibility index (Phi) is 7.07. The number of ether oxygens (including phenoxy) is 2.